The van der Waals surface area contributed by atoms with Crippen molar-refractivity contribution in [2.75, 3.05) is 19.4 Å². The molecule has 112 valence electrons. The van der Waals surface area contributed by atoms with Gasteiger partial charge in [-0.05, 0) is 13.0 Å². The Morgan fingerprint density at radius 3 is 2.86 bits per heavy atom. The van der Waals surface area contributed by atoms with Gasteiger partial charge in [-0.3, -0.25) is 4.79 Å². The van der Waals surface area contributed by atoms with Gasteiger partial charge in [-0.2, -0.15) is 0 Å². The van der Waals surface area contributed by atoms with Crippen molar-refractivity contribution < 1.29 is 9.53 Å². The number of carbonyl (C=O) groups is 1. The summed E-state index contributed by atoms with van der Waals surface area (Å²) in [5, 5.41) is 2.30. The molecule has 0 aliphatic rings. The standard InChI is InChI=1S/C15H19N3O2S/c1-3-20-13-7-5-4-6-11(13)9-18(2)14(19)8-12-10-21-15(16)17-12/h4-7,10H,3,8-9H2,1-2H3,(H2,16,17). The molecule has 1 heterocycles. The van der Waals surface area contributed by atoms with Gasteiger partial charge < -0.3 is 15.4 Å². The van der Waals surface area contributed by atoms with E-state index in [9.17, 15) is 4.79 Å². The van der Waals surface area contributed by atoms with E-state index >= 15 is 0 Å². The predicted molar refractivity (Wildman–Crippen MR) is 84.3 cm³/mol. The lowest BCUT2D eigenvalue weighted by Crippen LogP contribution is -2.28. The smallest absolute Gasteiger partial charge is 0.228 e. The summed E-state index contributed by atoms with van der Waals surface area (Å²) in [5.41, 5.74) is 7.28. The normalized spacial score (nSPS) is 10.4. The van der Waals surface area contributed by atoms with Gasteiger partial charge in [-0.25, -0.2) is 4.98 Å². The molecule has 2 rings (SSSR count). The van der Waals surface area contributed by atoms with Crippen molar-refractivity contribution in [3.8, 4) is 5.75 Å². The molecule has 0 aliphatic heterocycles. The van der Waals surface area contributed by atoms with Gasteiger partial charge in [0.25, 0.3) is 0 Å². The lowest BCUT2D eigenvalue weighted by atomic mass is 10.2. The number of aromatic nitrogens is 1. The third-order valence-corrected chi connectivity index (χ3v) is 3.73. The van der Waals surface area contributed by atoms with Crippen molar-refractivity contribution in [3.05, 3.63) is 40.9 Å². The van der Waals surface area contributed by atoms with Gasteiger partial charge in [-0.15, -0.1) is 11.3 Å². The predicted octanol–water partition coefficient (Wildman–Crippen LogP) is 2.33. The molecule has 1 aromatic carbocycles. The average Bonchev–Trinajstić information content (AvgIpc) is 2.86. The molecular formula is C15H19N3O2S. The SMILES string of the molecule is CCOc1ccccc1CN(C)C(=O)Cc1csc(N)n1. The molecule has 1 amide bonds. The zero-order chi connectivity index (χ0) is 15.2. The Kier molecular flexibility index (Phi) is 5.16. The van der Waals surface area contributed by atoms with Crippen LogP contribution in [0.5, 0.6) is 5.75 Å². The Morgan fingerprint density at radius 1 is 1.43 bits per heavy atom. The van der Waals surface area contributed by atoms with E-state index < -0.39 is 0 Å². The minimum absolute atomic E-state index is 0.00611. The lowest BCUT2D eigenvalue weighted by Gasteiger charge is -2.19. The van der Waals surface area contributed by atoms with Gasteiger partial charge in [0.05, 0.1) is 18.7 Å². The first kappa shape index (κ1) is 15.3. The minimum atomic E-state index is 0.00611. The highest BCUT2D eigenvalue weighted by Crippen LogP contribution is 2.20. The van der Waals surface area contributed by atoms with E-state index in [2.05, 4.69) is 4.98 Å². The number of nitrogens with two attached hydrogens (primary N) is 1. The van der Waals surface area contributed by atoms with Gasteiger partial charge in [0.1, 0.15) is 5.75 Å². The van der Waals surface area contributed by atoms with Crippen molar-refractivity contribution in [2.45, 2.75) is 19.9 Å². The van der Waals surface area contributed by atoms with E-state index in [-0.39, 0.29) is 12.3 Å². The molecule has 0 spiro atoms. The summed E-state index contributed by atoms with van der Waals surface area (Å²) in [6.07, 6.45) is 0.265. The summed E-state index contributed by atoms with van der Waals surface area (Å²) in [4.78, 5) is 18.0. The highest BCUT2D eigenvalue weighted by molar-refractivity contribution is 7.13. The van der Waals surface area contributed by atoms with Crippen LogP contribution in [-0.2, 0) is 17.8 Å². The molecule has 0 saturated carbocycles. The maximum Gasteiger partial charge on any atom is 0.228 e. The summed E-state index contributed by atoms with van der Waals surface area (Å²) in [6.45, 7) is 3.06. The lowest BCUT2D eigenvalue weighted by molar-refractivity contribution is -0.129. The van der Waals surface area contributed by atoms with Gasteiger partial charge in [0, 0.05) is 24.5 Å². The summed E-state index contributed by atoms with van der Waals surface area (Å²) in [5.74, 6) is 0.823. The molecule has 0 aliphatic carbocycles. The first-order valence-electron chi connectivity index (χ1n) is 6.74. The highest BCUT2D eigenvalue weighted by atomic mass is 32.1. The maximum atomic E-state index is 12.2. The van der Waals surface area contributed by atoms with Gasteiger partial charge in [0.15, 0.2) is 5.13 Å². The largest absolute Gasteiger partial charge is 0.494 e. The van der Waals surface area contributed by atoms with Crippen LogP contribution in [0.4, 0.5) is 5.13 Å². The van der Waals surface area contributed by atoms with Crippen molar-refractivity contribution in [3.63, 3.8) is 0 Å². The molecule has 2 aromatic rings. The minimum Gasteiger partial charge on any atom is -0.494 e. The fraction of sp³-hybridized carbons (Fsp3) is 0.333. The van der Waals surface area contributed by atoms with Crippen molar-refractivity contribution in [2.24, 2.45) is 0 Å². The third-order valence-electron chi connectivity index (χ3n) is 3.01. The number of rotatable bonds is 6. The number of nitrogens with zero attached hydrogens (tertiary/aromatic N) is 2. The Bertz CT molecular complexity index is 612. The molecule has 0 saturated heterocycles. The van der Waals surface area contributed by atoms with E-state index in [4.69, 9.17) is 10.5 Å². The van der Waals surface area contributed by atoms with E-state index in [0.717, 1.165) is 11.3 Å². The summed E-state index contributed by atoms with van der Waals surface area (Å²) < 4.78 is 5.57. The first-order chi connectivity index (χ1) is 10.1. The number of thiazole rings is 1. The van der Waals surface area contributed by atoms with Crippen LogP contribution in [0.15, 0.2) is 29.6 Å². The number of hydrogen-bond donors (Lipinski definition) is 1. The first-order valence-corrected chi connectivity index (χ1v) is 7.62. The molecule has 21 heavy (non-hydrogen) atoms. The van der Waals surface area contributed by atoms with Crippen molar-refractivity contribution in [1.29, 1.82) is 0 Å². The average molecular weight is 305 g/mol. The van der Waals surface area contributed by atoms with Gasteiger partial charge in [-0.1, -0.05) is 18.2 Å². The number of para-hydroxylation sites is 1. The Labute approximate surface area is 128 Å². The quantitative estimate of drug-likeness (QED) is 0.889. The molecule has 0 radical (unpaired) electrons. The molecule has 0 unspecified atom stereocenters. The zero-order valence-corrected chi connectivity index (χ0v) is 13.0. The third kappa shape index (κ3) is 4.19. The van der Waals surface area contributed by atoms with Crippen LogP contribution in [0.1, 0.15) is 18.2 Å². The van der Waals surface area contributed by atoms with Crippen LogP contribution in [0, 0.1) is 0 Å². The Hall–Kier alpha value is -2.08. The van der Waals surface area contributed by atoms with Crippen LogP contribution in [-0.4, -0.2) is 29.4 Å². The van der Waals surface area contributed by atoms with Crippen molar-refractivity contribution >= 4 is 22.4 Å². The molecule has 0 atom stereocenters. The molecule has 2 N–H and O–H groups in total. The fourth-order valence-corrected chi connectivity index (χ4v) is 2.53. The van der Waals surface area contributed by atoms with Crippen LogP contribution in [0.2, 0.25) is 0 Å². The van der Waals surface area contributed by atoms with E-state index in [1.54, 1.807) is 11.9 Å². The number of amides is 1. The second-order valence-corrected chi connectivity index (χ2v) is 5.53. The van der Waals surface area contributed by atoms with E-state index in [1.807, 2.05) is 36.6 Å². The monoisotopic (exact) mass is 305 g/mol. The molecule has 6 heteroatoms. The van der Waals surface area contributed by atoms with E-state index in [0.29, 0.717) is 24.0 Å². The molecule has 0 fully saturated rings. The Morgan fingerprint density at radius 2 is 2.19 bits per heavy atom. The second kappa shape index (κ2) is 7.08. The number of nitrogen functional groups attached to an aromatic ring is 1. The molecular weight excluding hydrogens is 286 g/mol. The summed E-state index contributed by atoms with van der Waals surface area (Å²) >= 11 is 1.35. The summed E-state index contributed by atoms with van der Waals surface area (Å²) in [6, 6.07) is 7.75. The summed E-state index contributed by atoms with van der Waals surface area (Å²) in [7, 11) is 1.78. The van der Waals surface area contributed by atoms with Gasteiger partial charge >= 0.3 is 0 Å². The van der Waals surface area contributed by atoms with E-state index in [1.165, 1.54) is 11.3 Å². The number of hydrogen-bond acceptors (Lipinski definition) is 5. The molecule has 1 aromatic heterocycles. The van der Waals surface area contributed by atoms with Crippen LogP contribution in [0.25, 0.3) is 0 Å². The number of benzene rings is 1. The molecule has 0 bridgehead atoms. The van der Waals surface area contributed by atoms with Crippen LogP contribution >= 0.6 is 11.3 Å². The second-order valence-electron chi connectivity index (χ2n) is 4.64. The topological polar surface area (TPSA) is 68.5 Å². The number of carbonyl (C=O) groups excluding carboxylic acids is 1. The number of likely N-dealkylation sites (N-methyl/N-ethyl adjacent to an activating group) is 1. The molecule has 5 nitrogen and oxygen atoms in total. The van der Waals surface area contributed by atoms with Crippen LogP contribution in [0.3, 0.4) is 0 Å². The highest BCUT2D eigenvalue weighted by Gasteiger charge is 2.14. The number of ether oxygens (including phenoxy) is 1. The zero-order valence-electron chi connectivity index (χ0n) is 12.2. The van der Waals surface area contributed by atoms with Crippen molar-refractivity contribution in [1.82, 2.24) is 9.88 Å². The van der Waals surface area contributed by atoms with Crippen LogP contribution < -0.4 is 10.5 Å². The Balaban J connectivity index is 2.00. The number of anilines is 1. The van der Waals surface area contributed by atoms with Gasteiger partial charge in [0.2, 0.25) is 5.91 Å². The fourth-order valence-electron chi connectivity index (χ4n) is 1.97. The maximum absolute atomic E-state index is 12.2.